The van der Waals surface area contributed by atoms with E-state index in [-0.39, 0.29) is 18.4 Å². The normalized spacial score (nSPS) is 11.5. The molecular weight excluding hydrogens is 484 g/mol. The number of aromatic hydroxyl groups is 1. The van der Waals surface area contributed by atoms with Crippen LogP contribution in [0.5, 0.6) is 5.88 Å². The number of aromatic nitrogens is 1. The van der Waals surface area contributed by atoms with Crippen molar-refractivity contribution in [3.63, 3.8) is 0 Å². The zero-order valence-corrected chi connectivity index (χ0v) is 21.2. The van der Waals surface area contributed by atoms with Gasteiger partial charge in [-0.05, 0) is 48.9 Å². The summed E-state index contributed by atoms with van der Waals surface area (Å²) in [5, 5.41) is 26.3. The maximum Gasteiger partial charge on any atom is 0.338 e. The highest BCUT2D eigenvalue weighted by atomic mass is 16.5. The number of carbonyl (C=O) groups excluding carboxylic acids is 2. The van der Waals surface area contributed by atoms with E-state index >= 15 is 0 Å². The Morgan fingerprint density at radius 2 is 1.71 bits per heavy atom. The van der Waals surface area contributed by atoms with Crippen LogP contribution in [-0.2, 0) is 4.74 Å². The molecule has 0 spiro atoms. The Kier molecular flexibility index (Phi) is 8.52. The Hall–Kier alpha value is -4.47. The number of H-pyrrole nitrogens is 1. The first kappa shape index (κ1) is 26.6. The Labute approximate surface area is 220 Å². The lowest BCUT2D eigenvalue weighted by Gasteiger charge is -2.10. The Morgan fingerprint density at radius 1 is 0.974 bits per heavy atom. The third-order valence-corrected chi connectivity index (χ3v) is 6.06. The first-order valence-electron chi connectivity index (χ1n) is 12.2. The highest BCUT2D eigenvalue weighted by Crippen LogP contribution is 2.33. The number of aromatic amines is 1. The van der Waals surface area contributed by atoms with E-state index in [2.05, 4.69) is 15.6 Å². The van der Waals surface area contributed by atoms with Crippen LogP contribution in [0.3, 0.4) is 0 Å². The SMILES string of the molecule is COC(=O)c1cc2[nH]c(O)c(C(=Nc3ccc(C(=O)NCCNCCO)cc3)c3ccccc3)c2cc1C. The van der Waals surface area contributed by atoms with Crippen molar-refractivity contribution in [2.45, 2.75) is 6.92 Å². The summed E-state index contributed by atoms with van der Waals surface area (Å²) in [5.74, 6) is -0.738. The minimum absolute atomic E-state index is 0.0470. The summed E-state index contributed by atoms with van der Waals surface area (Å²) < 4.78 is 4.88. The van der Waals surface area contributed by atoms with Crippen molar-refractivity contribution in [3.8, 4) is 5.88 Å². The molecule has 1 amide bonds. The zero-order chi connectivity index (χ0) is 27.1. The molecule has 0 atom stereocenters. The molecule has 0 aliphatic heterocycles. The molecule has 0 radical (unpaired) electrons. The number of aryl methyl sites for hydroxylation is 1. The van der Waals surface area contributed by atoms with Gasteiger partial charge in [0.2, 0.25) is 0 Å². The number of rotatable bonds is 10. The van der Waals surface area contributed by atoms with Crippen LogP contribution in [0.2, 0.25) is 0 Å². The Morgan fingerprint density at radius 3 is 2.39 bits per heavy atom. The number of methoxy groups -OCH3 is 1. The van der Waals surface area contributed by atoms with Crippen molar-refractivity contribution < 1.29 is 24.5 Å². The largest absolute Gasteiger partial charge is 0.494 e. The van der Waals surface area contributed by atoms with Crippen LogP contribution < -0.4 is 10.6 Å². The van der Waals surface area contributed by atoms with Gasteiger partial charge in [-0.1, -0.05) is 30.3 Å². The number of amides is 1. The summed E-state index contributed by atoms with van der Waals surface area (Å²) in [5.41, 5.74) is 4.61. The zero-order valence-electron chi connectivity index (χ0n) is 21.2. The second-order valence-electron chi connectivity index (χ2n) is 8.66. The molecule has 0 fully saturated rings. The second-order valence-corrected chi connectivity index (χ2v) is 8.66. The maximum absolute atomic E-state index is 12.4. The molecule has 0 aliphatic rings. The number of esters is 1. The summed E-state index contributed by atoms with van der Waals surface area (Å²) in [7, 11) is 1.33. The van der Waals surface area contributed by atoms with Crippen LogP contribution in [0.1, 0.15) is 37.4 Å². The van der Waals surface area contributed by atoms with Crippen LogP contribution in [0.25, 0.3) is 10.9 Å². The quantitative estimate of drug-likeness (QED) is 0.125. The average Bonchev–Trinajstić information content (AvgIpc) is 3.25. The van der Waals surface area contributed by atoms with Gasteiger partial charge in [0.15, 0.2) is 5.88 Å². The van der Waals surface area contributed by atoms with E-state index in [0.717, 1.165) is 5.56 Å². The number of aliphatic imine (C=N–C) groups is 1. The number of nitrogens with one attached hydrogen (secondary N) is 3. The summed E-state index contributed by atoms with van der Waals surface area (Å²) in [6.07, 6.45) is 0. The number of carbonyl (C=O) groups is 2. The highest BCUT2D eigenvalue weighted by Gasteiger charge is 2.21. The average molecular weight is 515 g/mol. The molecule has 0 saturated carbocycles. The molecule has 4 rings (SSSR count). The maximum atomic E-state index is 12.4. The van der Waals surface area contributed by atoms with Gasteiger partial charge in [-0.3, -0.25) is 4.79 Å². The lowest BCUT2D eigenvalue weighted by molar-refractivity contribution is 0.0600. The van der Waals surface area contributed by atoms with Crippen LogP contribution >= 0.6 is 0 Å². The van der Waals surface area contributed by atoms with Gasteiger partial charge < -0.3 is 30.6 Å². The second kappa shape index (κ2) is 12.2. The van der Waals surface area contributed by atoms with Gasteiger partial charge >= 0.3 is 5.97 Å². The lowest BCUT2D eigenvalue weighted by atomic mass is 9.98. The van der Waals surface area contributed by atoms with Gasteiger partial charge in [0.1, 0.15) is 0 Å². The molecule has 0 aliphatic carbocycles. The fraction of sp³-hybridized carbons (Fsp3) is 0.207. The smallest absolute Gasteiger partial charge is 0.338 e. The van der Waals surface area contributed by atoms with Crippen LogP contribution in [0, 0.1) is 6.92 Å². The molecular formula is C29H30N4O5. The predicted molar refractivity (Wildman–Crippen MR) is 147 cm³/mol. The van der Waals surface area contributed by atoms with Crippen molar-refractivity contribution in [1.29, 1.82) is 0 Å². The fourth-order valence-electron chi connectivity index (χ4n) is 4.15. The van der Waals surface area contributed by atoms with Crippen molar-refractivity contribution in [1.82, 2.24) is 15.6 Å². The minimum atomic E-state index is -0.456. The van der Waals surface area contributed by atoms with E-state index in [0.29, 0.717) is 64.2 Å². The number of hydrogen-bond donors (Lipinski definition) is 5. The number of aliphatic hydroxyl groups excluding tert-OH is 1. The van der Waals surface area contributed by atoms with E-state index in [9.17, 15) is 14.7 Å². The summed E-state index contributed by atoms with van der Waals surface area (Å²) >= 11 is 0. The minimum Gasteiger partial charge on any atom is -0.494 e. The van der Waals surface area contributed by atoms with E-state index < -0.39 is 5.97 Å². The molecule has 5 N–H and O–H groups in total. The molecule has 0 bridgehead atoms. The Bertz CT molecular complexity index is 1460. The van der Waals surface area contributed by atoms with E-state index in [1.54, 1.807) is 30.3 Å². The standard InChI is InChI=1S/C29H30N4O5/c1-18-16-23-24(17-22(18)29(37)38-2)33-28(36)25(23)26(19-6-4-3-5-7-19)32-21-10-8-20(9-11-21)27(35)31-13-12-30-14-15-34/h3-11,16-17,30,33-34,36H,12-15H2,1-2H3,(H,31,35). The third kappa shape index (κ3) is 5.91. The van der Waals surface area contributed by atoms with Crippen LogP contribution in [0.4, 0.5) is 5.69 Å². The molecule has 3 aromatic carbocycles. The first-order valence-corrected chi connectivity index (χ1v) is 12.2. The molecule has 0 saturated heterocycles. The topological polar surface area (TPSA) is 136 Å². The van der Waals surface area contributed by atoms with Crippen molar-refractivity contribution in [2.24, 2.45) is 4.99 Å². The first-order chi connectivity index (χ1) is 18.4. The molecule has 38 heavy (non-hydrogen) atoms. The summed E-state index contributed by atoms with van der Waals surface area (Å²) in [4.78, 5) is 32.4. The van der Waals surface area contributed by atoms with E-state index in [1.807, 2.05) is 43.3 Å². The van der Waals surface area contributed by atoms with E-state index in [1.165, 1.54) is 7.11 Å². The third-order valence-electron chi connectivity index (χ3n) is 6.06. The number of fused-ring (bicyclic) bond motifs is 1. The summed E-state index contributed by atoms with van der Waals surface area (Å²) in [6.45, 7) is 3.33. The molecule has 0 unspecified atom stereocenters. The predicted octanol–water partition coefficient (Wildman–Crippen LogP) is 3.45. The van der Waals surface area contributed by atoms with E-state index in [4.69, 9.17) is 14.8 Å². The number of aliphatic hydroxyl groups is 1. The number of nitrogens with zero attached hydrogens (tertiary/aromatic N) is 1. The fourth-order valence-corrected chi connectivity index (χ4v) is 4.15. The molecule has 9 nitrogen and oxygen atoms in total. The number of ether oxygens (including phenoxy) is 1. The number of hydrogen-bond acceptors (Lipinski definition) is 7. The van der Waals surface area contributed by atoms with Crippen LogP contribution in [-0.4, -0.2) is 66.1 Å². The molecule has 1 heterocycles. The molecule has 196 valence electrons. The molecule has 9 heteroatoms. The van der Waals surface area contributed by atoms with Crippen molar-refractivity contribution >= 4 is 34.2 Å². The summed E-state index contributed by atoms with van der Waals surface area (Å²) in [6, 6.07) is 19.8. The monoisotopic (exact) mass is 514 g/mol. The van der Waals surface area contributed by atoms with Crippen molar-refractivity contribution in [2.75, 3.05) is 33.4 Å². The number of benzene rings is 3. The van der Waals surface area contributed by atoms with Crippen LogP contribution in [0.15, 0.2) is 71.7 Å². The Balaban J connectivity index is 1.70. The van der Waals surface area contributed by atoms with Gasteiger partial charge in [-0.2, -0.15) is 0 Å². The lowest BCUT2D eigenvalue weighted by Crippen LogP contribution is -2.32. The molecule has 1 aromatic heterocycles. The van der Waals surface area contributed by atoms with Gasteiger partial charge in [0.05, 0.1) is 36.2 Å². The van der Waals surface area contributed by atoms with Gasteiger partial charge in [0.25, 0.3) is 5.91 Å². The highest BCUT2D eigenvalue weighted by molar-refractivity contribution is 6.22. The van der Waals surface area contributed by atoms with Gasteiger partial charge in [-0.15, -0.1) is 0 Å². The van der Waals surface area contributed by atoms with Gasteiger partial charge in [-0.25, -0.2) is 9.79 Å². The molecule has 4 aromatic rings. The van der Waals surface area contributed by atoms with Gasteiger partial charge in [0, 0.05) is 41.7 Å². The van der Waals surface area contributed by atoms with Crippen molar-refractivity contribution in [3.05, 3.63) is 94.5 Å².